The predicted octanol–water partition coefficient (Wildman–Crippen LogP) is 2.51. The molecule has 0 radical (unpaired) electrons. The fourth-order valence-electron chi connectivity index (χ4n) is 1.84. The molecule has 0 aliphatic heterocycles. The zero-order chi connectivity index (χ0) is 5.84. The molecule has 0 heterocycles. The third-order valence-corrected chi connectivity index (χ3v) is 2.81. The first-order valence-electron chi connectivity index (χ1n) is 4.17. The molecule has 0 aromatic carbocycles. The lowest BCUT2D eigenvalue weighted by atomic mass is 10.3. The molecular formula is C9H12. The molecule has 0 nitrogen and oxygen atoms in total. The van der Waals surface area contributed by atoms with Gasteiger partial charge in [-0.25, -0.2) is 0 Å². The molecule has 0 bridgehead atoms. The van der Waals surface area contributed by atoms with E-state index in [0.717, 1.165) is 11.8 Å². The van der Waals surface area contributed by atoms with Crippen LogP contribution in [0.25, 0.3) is 0 Å². The van der Waals surface area contributed by atoms with Crippen molar-refractivity contribution < 1.29 is 0 Å². The Morgan fingerprint density at radius 3 is 1.56 bits per heavy atom. The summed E-state index contributed by atoms with van der Waals surface area (Å²) in [6, 6.07) is 0. The maximum absolute atomic E-state index is 1.89. The minimum absolute atomic E-state index is 1.10. The number of hydrogen-bond acceptors (Lipinski definition) is 0. The van der Waals surface area contributed by atoms with Crippen LogP contribution in [-0.4, -0.2) is 0 Å². The smallest absolute Gasteiger partial charge is 0.00971 e. The first-order valence-corrected chi connectivity index (χ1v) is 4.17. The van der Waals surface area contributed by atoms with Crippen LogP contribution in [-0.2, 0) is 0 Å². The third-order valence-electron chi connectivity index (χ3n) is 2.81. The highest BCUT2D eigenvalue weighted by Crippen LogP contribution is 2.57. The largest absolute Gasteiger partial charge is 0.0632 e. The Kier molecular flexibility index (Phi) is 0.633. The van der Waals surface area contributed by atoms with Crippen LogP contribution in [0.1, 0.15) is 32.1 Å². The summed E-state index contributed by atoms with van der Waals surface area (Å²) in [4.78, 5) is 0. The van der Waals surface area contributed by atoms with Gasteiger partial charge in [0.2, 0.25) is 0 Å². The highest BCUT2D eigenvalue weighted by Gasteiger charge is 2.42. The van der Waals surface area contributed by atoms with Crippen LogP contribution in [0.4, 0.5) is 0 Å². The van der Waals surface area contributed by atoms with Crippen molar-refractivity contribution in [1.82, 2.24) is 0 Å². The van der Waals surface area contributed by atoms with Gasteiger partial charge in [-0.2, -0.15) is 0 Å². The second-order valence-corrected chi connectivity index (χ2v) is 3.78. The van der Waals surface area contributed by atoms with Gasteiger partial charge >= 0.3 is 0 Å². The quantitative estimate of drug-likeness (QED) is 0.491. The van der Waals surface area contributed by atoms with E-state index in [1.54, 1.807) is 0 Å². The summed E-state index contributed by atoms with van der Waals surface area (Å²) in [6.45, 7) is 0. The summed E-state index contributed by atoms with van der Waals surface area (Å²) in [5.41, 5.74) is 3.77. The average molecular weight is 120 g/mol. The molecule has 3 aliphatic rings. The van der Waals surface area contributed by atoms with E-state index in [9.17, 15) is 0 Å². The standard InChI is InChI=1S/C9H12/c1-2-6(1)8-5-9(8)7-3-4-7/h6-7H,1-5H2. The fraction of sp³-hybridized carbons (Fsp3) is 0.778. The van der Waals surface area contributed by atoms with E-state index in [2.05, 4.69) is 0 Å². The van der Waals surface area contributed by atoms with Crippen molar-refractivity contribution in [3.05, 3.63) is 11.1 Å². The Morgan fingerprint density at radius 1 is 0.778 bits per heavy atom. The van der Waals surface area contributed by atoms with E-state index < -0.39 is 0 Å². The summed E-state index contributed by atoms with van der Waals surface area (Å²) in [5.74, 6) is 2.20. The molecule has 9 heavy (non-hydrogen) atoms. The Morgan fingerprint density at radius 2 is 1.22 bits per heavy atom. The fourth-order valence-corrected chi connectivity index (χ4v) is 1.84. The van der Waals surface area contributed by atoms with Gasteiger partial charge in [-0.05, 0) is 43.9 Å². The lowest BCUT2D eigenvalue weighted by Crippen LogP contribution is -1.64. The minimum Gasteiger partial charge on any atom is -0.0632 e. The summed E-state index contributed by atoms with van der Waals surface area (Å²) >= 11 is 0. The van der Waals surface area contributed by atoms with E-state index in [-0.39, 0.29) is 0 Å². The van der Waals surface area contributed by atoms with Crippen LogP contribution in [0.3, 0.4) is 0 Å². The van der Waals surface area contributed by atoms with Gasteiger partial charge in [0.25, 0.3) is 0 Å². The molecule has 0 aromatic heterocycles. The second-order valence-electron chi connectivity index (χ2n) is 3.78. The zero-order valence-electron chi connectivity index (χ0n) is 5.69. The number of hydrogen-bond donors (Lipinski definition) is 0. The molecule has 0 saturated heterocycles. The van der Waals surface area contributed by atoms with Crippen molar-refractivity contribution in [1.29, 1.82) is 0 Å². The summed E-state index contributed by atoms with van der Waals surface area (Å²) in [5, 5.41) is 0. The lowest BCUT2D eigenvalue weighted by Gasteiger charge is -1.76. The van der Waals surface area contributed by atoms with Crippen molar-refractivity contribution in [3.8, 4) is 0 Å². The molecule has 48 valence electrons. The molecule has 0 heteroatoms. The summed E-state index contributed by atoms with van der Waals surface area (Å²) < 4.78 is 0. The van der Waals surface area contributed by atoms with Crippen LogP contribution >= 0.6 is 0 Å². The molecule has 2 saturated carbocycles. The van der Waals surface area contributed by atoms with Crippen molar-refractivity contribution in [2.45, 2.75) is 32.1 Å². The molecule has 0 unspecified atom stereocenters. The van der Waals surface area contributed by atoms with Gasteiger partial charge in [-0.1, -0.05) is 11.1 Å². The Bertz CT molecular complexity index is 160. The van der Waals surface area contributed by atoms with Crippen LogP contribution in [0, 0.1) is 11.8 Å². The van der Waals surface area contributed by atoms with E-state index >= 15 is 0 Å². The maximum atomic E-state index is 1.89. The van der Waals surface area contributed by atoms with E-state index in [0.29, 0.717) is 0 Å². The topological polar surface area (TPSA) is 0 Å². The molecule has 2 fully saturated rings. The van der Waals surface area contributed by atoms with E-state index in [4.69, 9.17) is 0 Å². The molecular weight excluding hydrogens is 108 g/mol. The van der Waals surface area contributed by atoms with Crippen LogP contribution in [0.15, 0.2) is 11.1 Å². The van der Waals surface area contributed by atoms with Crippen molar-refractivity contribution in [2.75, 3.05) is 0 Å². The van der Waals surface area contributed by atoms with Crippen LogP contribution in [0.5, 0.6) is 0 Å². The van der Waals surface area contributed by atoms with Gasteiger partial charge < -0.3 is 0 Å². The van der Waals surface area contributed by atoms with E-state index in [1.165, 1.54) is 32.1 Å². The Hall–Kier alpha value is -0.260. The Balaban J connectivity index is 1.79. The number of allylic oxidation sites excluding steroid dienone is 2. The van der Waals surface area contributed by atoms with Gasteiger partial charge in [-0.15, -0.1) is 0 Å². The van der Waals surface area contributed by atoms with Crippen molar-refractivity contribution >= 4 is 0 Å². The van der Waals surface area contributed by atoms with E-state index in [1.807, 2.05) is 11.1 Å². The van der Waals surface area contributed by atoms with Crippen LogP contribution < -0.4 is 0 Å². The van der Waals surface area contributed by atoms with Gasteiger partial charge in [-0.3, -0.25) is 0 Å². The predicted molar refractivity (Wildman–Crippen MR) is 37.1 cm³/mol. The zero-order valence-corrected chi connectivity index (χ0v) is 5.69. The molecule has 0 spiro atoms. The molecule has 3 aliphatic carbocycles. The summed E-state index contributed by atoms with van der Waals surface area (Å²) in [7, 11) is 0. The van der Waals surface area contributed by atoms with Gasteiger partial charge in [0.1, 0.15) is 0 Å². The molecule has 3 rings (SSSR count). The van der Waals surface area contributed by atoms with Crippen molar-refractivity contribution in [2.24, 2.45) is 11.8 Å². The summed E-state index contributed by atoms with van der Waals surface area (Å²) in [6.07, 6.45) is 7.53. The average Bonchev–Trinajstić information content (AvgIpc) is 2.67. The molecule has 0 amide bonds. The highest BCUT2D eigenvalue weighted by molar-refractivity contribution is 5.42. The van der Waals surface area contributed by atoms with Gasteiger partial charge in [0.15, 0.2) is 0 Å². The molecule has 0 atom stereocenters. The lowest BCUT2D eigenvalue weighted by molar-refractivity contribution is 1.05. The molecule has 0 N–H and O–H groups in total. The second kappa shape index (κ2) is 1.25. The monoisotopic (exact) mass is 120 g/mol. The van der Waals surface area contributed by atoms with Crippen LogP contribution in [0.2, 0.25) is 0 Å². The Labute approximate surface area is 56.0 Å². The molecule has 0 aromatic rings. The number of rotatable bonds is 2. The SMILES string of the molecule is C1C(C2CC2)=C1C1CC1. The first kappa shape index (κ1) is 4.54. The van der Waals surface area contributed by atoms with Gasteiger partial charge in [0, 0.05) is 0 Å². The minimum atomic E-state index is 1.10. The first-order chi connectivity index (χ1) is 4.45. The maximum Gasteiger partial charge on any atom is -0.00971 e. The normalized spacial score (nSPS) is 33.3. The van der Waals surface area contributed by atoms with Crippen molar-refractivity contribution in [3.63, 3.8) is 0 Å². The van der Waals surface area contributed by atoms with Gasteiger partial charge in [0.05, 0.1) is 0 Å². The third kappa shape index (κ3) is 0.654. The highest BCUT2D eigenvalue weighted by atomic mass is 14.5.